The van der Waals surface area contributed by atoms with Crippen LogP contribution in [-0.2, 0) is 4.74 Å². The molecule has 0 bridgehead atoms. The van der Waals surface area contributed by atoms with Crippen molar-refractivity contribution in [2.45, 2.75) is 6.92 Å². The van der Waals surface area contributed by atoms with Crippen LogP contribution in [0.2, 0.25) is 0 Å². The lowest BCUT2D eigenvalue weighted by atomic mass is 10.0. The molecule has 1 heterocycles. The number of ether oxygens (including phenoxy) is 1. The summed E-state index contributed by atoms with van der Waals surface area (Å²) in [6.45, 7) is 1.93. The summed E-state index contributed by atoms with van der Waals surface area (Å²) in [5, 5.41) is 6.81. The number of carbonyl (C=O) groups excluding carboxylic acids is 2. The Balaban J connectivity index is 1.95. The number of hydrogen-bond donors (Lipinski definition) is 3. The van der Waals surface area contributed by atoms with Crippen LogP contribution in [0.5, 0.6) is 0 Å². The maximum Gasteiger partial charge on any atom is 0.341 e. The van der Waals surface area contributed by atoms with Gasteiger partial charge in [0.2, 0.25) is 0 Å². The first kappa shape index (κ1) is 20.5. The van der Waals surface area contributed by atoms with E-state index in [1.807, 2.05) is 37.3 Å². The Labute approximate surface area is 177 Å². The zero-order valence-electron chi connectivity index (χ0n) is 15.8. The number of methoxy groups -OCH3 is 1. The van der Waals surface area contributed by atoms with Crippen LogP contribution in [-0.4, -0.2) is 24.1 Å². The van der Waals surface area contributed by atoms with E-state index in [2.05, 4.69) is 10.6 Å². The molecule has 8 heteroatoms. The van der Waals surface area contributed by atoms with Gasteiger partial charge < -0.3 is 21.1 Å². The fourth-order valence-electron chi connectivity index (χ4n) is 2.95. The smallest absolute Gasteiger partial charge is 0.341 e. The zero-order chi connectivity index (χ0) is 21.0. The maximum atomic E-state index is 12.5. The largest absolute Gasteiger partial charge is 0.465 e. The van der Waals surface area contributed by atoms with Crippen molar-refractivity contribution in [3.05, 3.63) is 70.6 Å². The number of anilines is 2. The van der Waals surface area contributed by atoms with E-state index >= 15 is 0 Å². The van der Waals surface area contributed by atoms with Gasteiger partial charge in [0.05, 0.1) is 18.4 Å². The number of aryl methyl sites for hydroxylation is 1. The van der Waals surface area contributed by atoms with Gasteiger partial charge in [-0.3, -0.25) is 4.79 Å². The number of nitrogens with one attached hydrogen (secondary N) is 2. The number of benzene rings is 2. The molecule has 0 aliphatic heterocycles. The van der Waals surface area contributed by atoms with Gasteiger partial charge in [-0.15, -0.1) is 11.3 Å². The van der Waals surface area contributed by atoms with Crippen LogP contribution in [0, 0.1) is 6.92 Å². The molecule has 0 aliphatic rings. The second-order valence-corrected chi connectivity index (χ2v) is 7.72. The molecule has 0 spiro atoms. The summed E-state index contributed by atoms with van der Waals surface area (Å²) in [7, 11) is 1.34. The van der Waals surface area contributed by atoms with Crippen molar-refractivity contribution < 1.29 is 14.3 Å². The molecule has 3 rings (SSSR count). The van der Waals surface area contributed by atoms with Crippen LogP contribution >= 0.6 is 23.6 Å². The number of primary amides is 1. The van der Waals surface area contributed by atoms with E-state index in [1.165, 1.54) is 18.4 Å². The average Bonchev–Trinajstić information content (AvgIpc) is 3.03. The second-order valence-electron chi connectivity index (χ2n) is 6.08. The van der Waals surface area contributed by atoms with Gasteiger partial charge in [0.15, 0.2) is 5.11 Å². The highest BCUT2D eigenvalue weighted by molar-refractivity contribution is 7.80. The summed E-state index contributed by atoms with van der Waals surface area (Å²) >= 11 is 6.79. The van der Waals surface area contributed by atoms with Crippen molar-refractivity contribution in [2.24, 2.45) is 5.73 Å². The average molecular weight is 426 g/mol. The highest BCUT2D eigenvalue weighted by atomic mass is 32.1. The maximum absolute atomic E-state index is 12.5. The molecule has 1 amide bonds. The molecule has 0 aliphatic carbocycles. The van der Waals surface area contributed by atoms with Gasteiger partial charge in [-0.1, -0.05) is 42.5 Å². The molecule has 148 valence electrons. The van der Waals surface area contributed by atoms with Crippen LogP contribution in [0.15, 0.2) is 54.6 Å². The van der Waals surface area contributed by atoms with Gasteiger partial charge in [-0.2, -0.15) is 0 Å². The fourth-order valence-corrected chi connectivity index (χ4v) is 4.29. The predicted octanol–water partition coefficient (Wildman–Crippen LogP) is 4.42. The first-order chi connectivity index (χ1) is 13.9. The van der Waals surface area contributed by atoms with Crippen LogP contribution < -0.4 is 16.4 Å². The van der Waals surface area contributed by atoms with Crippen LogP contribution in [0.4, 0.5) is 10.7 Å². The number of thiophene rings is 1. The van der Waals surface area contributed by atoms with Crippen LogP contribution in [0.3, 0.4) is 0 Å². The van der Waals surface area contributed by atoms with E-state index in [0.717, 1.165) is 16.0 Å². The number of thiocarbonyl (C=S) groups is 1. The Bertz CT molecular complexity index is 1080. The molecular formula is C21H19N3O3S2. The highest BCUT2D eigenvalue weighted by Crippen LogP contribution is 2.40. The summed E-state index contributed by atoms with van der Waals surface area (Å²) in [6.07, 6.45) is 0. The van der Waals surface area contributed by atoms with Gasteiger partial charge in [0.25, 0.3) is 5.91 Å². The summed E-state index contributed by atoms with van der Waals surface area (Å²) < 4.78 is 5.01. The Morgan fingerprint density at radius 1 is 1.03 bits per heavy atom. The lowest BCUT2D eigenvalue weighted by Crippen LogP contribution is -2.22. The lowest BCUT2D eigenvalue weighted by molar-refractivity contribution is 0.0603. The number of amides is 1. The first-order valence-electron chi connectivity index (χ1n) is 8.66. The van der Waals surface area contributed by atoms with Crippen molar-refractivity contribution in [3.8, 4) is 11.1 Å². The number of hydrogen-bond acceptors (Lipinski definition) is 5. The Kier molecular flexibility index (Phi) is 6.26. The van der Waals surface area contributed by atoms with Gasteiger partial charge in [-0.25, -0.2) is 4.79 Å². The standard InChI is InChI=1S/C21H19N3O3S2/c1-12-16(13-8-4-3-5-9-13)17(20(26)27-2)19(29-12)24-21(28)23-15-11-7-6-10-14(15)18(22)25/h3-11H,1-2H3,(H2,22,25)(H2,23,24,28). The van der Waals surface area contributed by atoms with E-state index in [1.54, 1.807) is 24.3 Å². The van der Waals surface area contributed by atoms with Gasteiger partial charge >= 0.3 is 5.97 Å². The summed E-state index contributed by atoms with van der Waals surface area (Å²) in [5.74, 6) is -1.03. The lowest BCUT2D eigenvalue weighted by Gasteiger charge is -2.13. The van der Waals surface area contributed by atoms with E-state index in [0.29, 0.717) is 21.8 Å². The quantitative estimate of drug-likeness (QED) is 0.414. The third-order valence-corrected chi connectivity index (χ3v) is 5.43. The first-order valence-corrected chi connectivity index (χ1v) is 9.88. The summed E-state index contributed by atoms with van der Waals surface area (Å²) in [6, 6.07) is 16.4. The highest BCUT2D eigenvalue weighted by Gasteiger charge is 2.24. The van der Waals surface area contributed by atoms with Crippen molar-refractivity contribution in [1.82, 2.24) is 0 Å². The van der Waals surface area contributed by atoms with Crippen molar-refractivity contribution in [1.29, 1.82) is 0 Å². The molecule has 0 radical (unpaired) electrons. The van der Waals surface area contributed by atoms with E-state index in [9.17, 15) is 9.59 Å². The molecule has 0 saturated carbocycles. The molecule has 4 N–H and O–H groups in total. The minimum absolute atomic E-state index is 0.227. The monoisotopic (exact) mass is 425 g/mol. The number of rotatable bonds is 5. The fraction of sp³-hybridized carbons (Fsp3) is 0.0952. The SMILES string of the molecule is COC(=O)c1c(NC(=S)Nc2ccccc2C(N)=O)sc(C)c1-c1ccccc1. The molecular weight excluding hydrogens is 406 g/mol. The Hall–Kier alpha value is -3.23. The van der Waals surface area contributed by atoms with Crippen molar-refractivity contribution in [2.75, 3.05) is 17.7 Å². The van der Waals surface area contributed by atoms with Gasteiger partial charge in [0, 0.05) is 10.4 Å². The summed E-state index contributed by atoms with van der Waals surface area (Å²) in [5.41, 5.74) is 8.32. The van der Waals surface area contributed by atoms with Crippen LogP contribution in [0.25, 0.3) is 11.1 Å². The molecule has 0 atom stereocenters. The Morgan fingerprint density at radius 2 is 1.69 bits per heavy atom. The molecule has 1 aromatic heterocycles. The van der Waals surface area contributed by atoms with Crippen LogP contribution in [0.1, 0.15) is 25.6 Å². The van der Waals surface area contributed by atoms with Crippen molar-refractivity contribution >= 4 is 51.2 Å². The molecule has 2 aromatic carbocycles. The molecule has 0 saturated heterocycles. The minimum atomic E-state index is -0.565. The number of carbonyl (C=O) groups is 2. The Morgan fingerprint density at radius 3 is 2.34 bits per heavy atom. The van der Waals surface area contributed by atoms with E-state index in [4.69, 9.17) is 22.7 Å². The van der Waals surface area contributed by atoms with Crippen molar-refractivity contribution in [3.63, 3.8) is 0 Å². The van der Waals surface area contributed by atoms with E-state index in [-0.39, 0.29) is 5.11 Å². The normalized spacial score (nSPS) is 10.3. The third-order valence-electron chi connectivity index (χ3n) is 4.20. The van der Waals surface area contributed by atoms with E-state index < -0.39 is 11.9 Å². The minimum Gasteiger partial charge on any atom is -0.465 e. The molecule has 6 nitrogen and oxygen atoms in total. The molecule has 0 fully saturated rings. The third kappa shape index (κ3) is 4.44. The number of esters is 1. The molecule has 29 heavy (non-hydrogen) atoms. The molecule has 3 aromatic rings. The van der Waals surface area contributed by atoms with Gasteiger partial charge in [0.1, 0.15) is 10.6 Å². The topological polar surface area (TPSA) is 93.4 Å². The van der Waals surface area contributed by atoms with Gasteiger partial charge in [-0.05, 0) is 36.8 Å². The molecule has 0 unspecified atom stereocenters. The number of nitrogens with two attached hydrogens (primary N) is 1. The second kappa shape index (κ2) is 8.85. The zero-order valence-corrected chi connectivity index (χ0v) is 17.4. The predicted molar refractivity (Wildman–Crippen MR) is 121 cm³/mol. The summed E-state index contributed by atoms with van der Waals surface area (Å²) in [4.78, 5) is 25.1. The number of para-hydroxylation sites is 1.